The lowest BCUT2D eigenvalue weighted by Gasteiger charge is -2.33. The van der Waals surface area contributed by atoms with Crippen molar-refractivity contribution in [2.45, 2.75) is 47.8 Å². The van der Waals surface area contributed by atoms with Crippen LogP contribution in [0.4, 0.5) is 0 Å². The van der Waals surface area contributed by atoms with Gasteiger partial charge >= 0.3 is 0 Å². The maximum atomic E-state index is 12.9. The van der Waals surface area contributed by atoms with E-state index >= 15 is 0 Å². The van der Waals surface area contributed by atoms with E-state index in [9.17, 15) is 16.8 Å². The Kier molecular flexibility index (Phi) is 5.30. The summed E-state index contributed by atoms with van der Waals surface area (Å²) in [5.74, 6) is 0.208. The maximum Gasteiger partial charge on any atom is 0.243 e. The normalized spacial score (nSPS) is 23.7. The number of hydrogen-bond donors (Lipinski definition) is 1. The number of nitrogens with zero attached hydrogens (tertiary/aromatic N) is 1. The highest BCUT2D eigenvalue weighted by atomic mass is 32.2. The molecule has 3 aliphatic rings. The van der Waals surface area contributed by atoms with Crippen molar-refractivity contribution in [3.8, 4) is 0 Å². The largest absolute Gasteiger partial charge is 0.350 e. The van der Waals surface area contributed by atoms with Crippen molar-refractivity contribution in [3.05, 3.63) is 24.3 Å². The number of sulfonamides is 2. The molecule has 150 valence electrons. The van der Waals surface area contributed by atoms with Gasteiger partial charge < -0.3 is 9.47 Å². The molecule has 0 amide bonds. The van der Waals surface area contributed by atoms with Gasteiger partial charge in [-0.3, -0.25) is 0 Å². The van der Waals surface area contributed by atoms with E-state index in [0.717, 1.165) is 12.8 Å². The van der Waals surface area contributed by atoms with Crippen molar-refractivity contribution in [3.63, 3.8) is 0 Å². The fourth-order valence-electron chi connectivity index (χ4n) is 3.47. The Labute approximate surface area is 159 Å². The molecule has 0 atom stereocenters. The first-order valence-corrected chi connectivity index (χ1v) is 12.1. The molecule has 2 heterocycles. The molecule has 0 unspecified atom stereocenters. The lowest BCUT2D eigenvalue weighted by atomic mass is 9.98. The summed E-state index contributed by atoms with van der Waals surface area (Å²) < 4.78 is 65.2. The molecule has 0 bridgehead atoms. The first kappa shape index (κ1) is 19.3. The third kappa shape index (κ3) is 4.20. The minimum Gasteiger partial charge on any atom is -0.350 e. The van der Waals surface area contributed by atoms with E-state index in [1.165, 1.54) is 28.6 Å². The van der Waals surface area contributed by atoms with Gasteiger partial charge in [-0.15, -0.1) is 0 Å². The Bertz CT molecular complexity index is 867. The monoisotopic (exact) mass is 416 g/mol. The van der Waals surface area contributed by atoms with Gasteiger partial charge in [0.1, 0.15) is 0 Å². The Morgan fingerprint density at radius 3 is 1.96 bits per heavy atom. The second kappa shape index (κ2) is 7.41. The SMILES string of the molecule is O=S(=O)(NC1CC1)c1ccc(S(=O)(=O)N2CCC(C3OCCO3)CC2)cc1. The number of nitrogens with one attached hydrogen (secondary N) is 1. The molecule has 1 N–H and O–H groups in total. The highest BCUT2D eigenvalue weighted by Crippen LogP contribution is 2.29. The van der Waals surface area contributed by atoms with Crippen LogP contribution < -0.4 is 4.72 Å². The minimum absolute atomic E-state index is 0.00697. The molecule has 4 rings (SSSR count). The zero-order chi connectivity index (χ0) is 19.1. The smallest absolute Gasteiger partial charge is 0.243 e. The molecule has 3 fully saturated rings. The van der Waals surface area contributed by atoms with Gasteiger partial charge in [0.25, 0.3) is 0 Å². The lowest BCUT2D eigenvalue weighted by molar-refractivity contribution is -0.0938. The molecule has 0 spiro atoms. The molecule has 1 aromatic rings. The quantitative estimate of drug-likeness (QED) is 0.739. The van der Waals surface area contributed by atoms with Gasteiger partial charge in [0, 0.05) is 25.0 Å². The van der Waals surface area contributed by atoms with Crippen molar-refractivity contribution >= 4 is 20.0 Å². The van der Waals surface area contributed by atoms with Gasteiger partial charge in [-0.25, -0.2) is 21.6 Å². The summed E-state index contributed by atoms with van der Waals surface area (Å²) in [6.45, 7) is 1.99. The third-order valence-corrected chi connectivity index (χ3v) is 8.65. The van der Waals surface area contributed by atoms with E-state index in [0.29, 0.717) is 39.1 Å². The summed E-state index contributed by atoms with van der Waals surface area (Å²) in [6.07, 6.45) is 2.83. The van der Waals surface area contributed by atoms with Gasteiger partial charge in [0.05, 0.1) is 23.0 Å². The molecular weight excluding hydrogens is 392 g/mol. The Morgan fingerprint density at radius 1 is 0.852 bits per heavy atom. The first-order valence-electron chi connectivity index (χ1n) is 9.22. The summed E-state index contributed by atoms with van der Waals surface area (Å²) in [5, 5.41) is 0. The van der Waals surface area contributed by atoms with E-state index in [1.54, 1.807) is 0 Å². The number of hydrogen-bond acceptors (Lipinski definition) is 6. The van der Waals surface area contributed by atoms with Gasteiger partial charge in [0.15, 0.2) is 6.29 Å². The number of piperidine rings is 1. The molecule has 1 aromatic carbocycles. The van der Waals surface area contributed by atoms with Crippen LogP contribution in [0.1, 0.15) is 25.7 Å². The van der Waals surface area contributed by atoms with Crippen molar-refractivity contribution in [1.82, 2.24) is 9.03 Å². The average molecular weight is 417 g/mol. The molecule has 10 heteroatoms. The first-order chi connectivity index (χ1) is 12.9. The predicted octanol–water partition coefficient (Wildman–Crippen LogP) is 0.901. The van der Waals surface area contributed by atoms with Crippen LogP contribution in [0.15, 0.2) is 34.1 Å². The van der Waals surface area contributed by atoms with Crippen LogP contribution in [0.25, 0.3) is 0 Å². The molecule has 1 saturated carbocycles. The number of rotatable bonds is 6. The third-order valence-electron chi connectivity index (χ3n) is 5.20. The van der Waals surface area contributed by atoms with Crippen LogP contribution in [0, 0.1) is 5.92 Å². The summed E-state index contributed by atoms with van der Waals surface area (Å²) in [7, 11) is -7.23. The van der Waals surface area contributed by atoms with Crippen LogP contribution in [0.3, 0.4) is 0 Å². The van der Waals surface area contributed by atoms with E-state index in [2.05, 4.69) is 4.72 Å². The fraction of sp³-hybridized carbons (Fsp3) is 0.647. The van der Waals surface area contributed by atoms with Crippen LogP contribution in [0.5, 0.6) is 0 Å². The van der Waals surface area contributed by atoms with Gasteiger partial charge in [-0.2, -0.15) is 4.31 Å². The van der Waals surface area contributed by atoms with Gasteiger partial charge in [-0.05, 0) is 49.9 Å². The van der Waals surface area contributed by atoms with E-state index in [4.69, 9.17) is 9.47 Å². The van der Waals surface area contributed by atoms with Crippen molar-refractivity contribution in [2.24, 2.45) is 5.92 Å². The zero-order valence-electron chi connectivity index (χ0n) is 14.9. The van der Waals surface area contributed by atoms with E-state index in [-0.39, 0.29) is 28.0 Å². The molecule has 0 radical (unpaired) electrons. The lowest BCUT2D eigenvalue weighted by Crippen LogP contribution is -2.41. The van der Waals surface area contributed by atoms with Crippen LogP contribution in [-0.2, 0) is 29.5 Å². The zero-order valence-corrected chi connectivity index (χ0v) is 16.5. The fourth-order valence-corrected chi connectivity index (χ4v) is 6.24. The molecule has 1 aliphatic carbocycles. The summed E-state index contributed by atoms with van der Waals surface area (Å²) >= 11 is 0. The van der Waals surface area contributed by atoms with Crippen LogP contribution in [-0.4, -0.2) is 59.8 Å². The highest BCUT2D eigenvalue weighted by molar-refractivity contribution is 7.89. The standard InChI is InChI=1S/C17H24N2O6S2/c20-26(21,18-14-1-2-14)15-3-5-16(6-4-15)27(22,23)19-9-7-13(8-10-19)17-24-11-12-25-17/h3-6,13-14,17-18H,1-2,7-12H2. The van der Waals surface area contributed by atoms with Gasteiger partial charge in [0.2, 0.25) is 20.0 Å². The molecule has 2 saturated heterocycles. The van der Waals surface area contributed by atoms with E-state index < -0.39 is 20.0 Å². The van der Waals surface area contributed by atoms with Crippen molar-refractivity contribution in [1.29, 1.82) is 0 Å². The summed E-state index contributed by atoms with van der Waals surface area (Å²) in [6, 6.07) is 5.44. The average Bonchev–Trinajstić information content (AvgIpc) is 3.29. The molecule has 8 nitrogen and oxygen atoms in total. The summed E-state index contributed by atoms with van der Waals surface area (Å²) in [5.41, 5.74) is 0. The molecular formula is C17H24N2O6S2. The second-order valence-electron chi connectivity index (χ2n) is 7.22. The van der Waals surface area contributed by atoms with E-state index in [1.807, 2.05) is 0 Å². The minimum atomic E-state index is -3.65. The van der Waals surface area contributed by atoms with Gasteiger partial charge in [-0.1, -0.05) is 0 Å². The number of benzene rings is 1. The topological polar surface area (TPSA) is 102 Å². The van der Waals surface area contributed by atoms with Crippen LogP contribution in [0.2, 0.25) is 0 Å². The van der Waals surface area contributed by atoms with Crippen molar-refractivity contribution < 1.29 is 26.3 Å². The number of ether oxygens (including phenoxy) is 2. The second-order valence-corrected chi connectivity index (χ2v) is 10.9. The predicted molar refractivity (Wildman–Crippen MR) is 97.0 cm³/mol. The Balaban J connectivity index is 1.42. The Hall–Kier alpha value is -1.04. The Morgan fingerprint density at radius 2 is 1.41 bits per heavy atom. The molecule has 2 aliphatic heterocycles. The van der Waals surface area contributed by atoms with Crippen LogP contribution >= 0.6 is 0 Å². The molecule has 0 aromatic heterocycles. The van der Waals surface area contributed by atoms with Crippen molar-refractivity contribution in [2.75, 3.05) is 26.3 Å². The summed E-state index contributed by atoms with van der Waals surface area (Å²) in [4.78, 5) is 0.197. The highest BCUT2D eigenvalue weighted by Gasteiger charge is 2.35. The molecule has 27 heavy (non-hydrogen) atoms. The maximum absolute atomic E-state index is 12.9.